The Labute approximate surface area is 133 Å². The number of carbonyl (C=O) groups excluding carboxylic acids is 1. The molecule has 0 unspecified atom stereocenters. The number of alkyl halides is 3. The van der Waals surface area contributed by atoms with E-state index in [1.165, 1.54) is 12.1 Å². The maximum atomic E-state index is 12.6. The molecular weight excluding hydrogens is 363 g/mol. The second-order valence-corrected chi connectivity index (χ2v) is 5.20. The molecule has 7 heteroatoms. The van der Waals surface area contributed by atoms with Crippen molar-refractivity contribution in [2.24, 2.45) is 0 Å². The summed E-state index contributed by atoms with van der Waals surface area (Å²) >= 11 is 3.27. The van der Waals surface area contributed by atoms with Crippen LogP contribution in [0.4, 0.5) is 18.9 Å². The van der Waals surface area contributed by atoms with Crippen LogP contribution in [-0.4, -0.2) is 12.5 Å². The Morgan fingerprint density at radius 3 is 2.55 bits per heavy atom. The van der Waals surface area contributed by atoms with Crippen LogP contribution >= 0.6 is 15.9 Å². The summed E-state index contributed by atoms with van der Waals surface area (Å²) in [5.74, 6) is -0.485. The number of nitrogens with one attached hydrogen (secondary N) is 1. The number of anilines is 1. The zero-order chi connectivity index (χ0) is 16.2. The van der Waals surface area contributed by atoms with Crippen LogP contribution < -0.4 is 10.1 Å². The topological polar surface area (TPSA) is 38.3 Å². The van der Waals surface area contributed by atoms with Gasteiger partial charge < -0.3 is 10.1 Å². The quantitative estimate of drug-likeness (QED) is 0.857. The molecule has 0 spiro atoms. The monoisotopic (exact) mass is 373 g/mol. The van der Waals surface area contributed by atoms with Gasteiger partial charge in [0.2, 0.25) is 0 Å². The van der Waals surface area contributed by atoms with E-state index in [0.717, 1.165) is 12.1 Å². The summed E-state index contributed by atoms with van der Waals surface area (Å²) in [4.78, 5) is 11.7. The number of halogens is 4. The van der Waals surface area contributed by atoms with Crippen molar-refractivity contribution in [1.29, 1.82) is 0 Å². The fraction of sp³-hybridized carbons (Fsp3) is 0.133. The molecule has 0 saturated carbocycles. The maximum Gasteiger partial charge on any atom is 0.416 e. The van der Waals surface area contributed by atoms with Gasteiger partial charge in [0.05, 0.1) is 11.3 Å². The molecule has 0 bridgehead atoms. The summed E-state index contributed by atoms with van der Waals surface area (Å²) in [6.07, 6.45) is -4.45. The first-order valence-corrected chi connectivity index (χ1v) is 7.00. The number of carbonyl (C=O) groups is 1. The third-order valence-corrected chi connectivity index (χ3v) is 3.37. The summed E-state index contributed by atoms with van der Waals surface area (Å²) in [7, 11) is 0. The van der Waals surface area contributed by atoms with Crippen LogP contribution in [-0.2, 0) is 11.0 Å². The van der Waals surface area contributed by atoms with E-state index >= 15 is 0 Å². The smallest absolute Gasteiger partial charge is 0.416 e. The first kappa shape index (κ1) is 16.4. The van der Waals surface area contributed by atoms with Gasteiger partial charge in [-0.25, -0.2) is 0 Å². The lowest BCUT2D eigenvalue weighted by molar-refractivity contribution is -0.137. The summed E-state index contributed by atoms with van der Waals surface area (Å²) in [5.41, 5.74) is -0.267. The Bertz CT molecular complexity index is 674. The third-order valence-electron chi connectivity index (χ3n) is 2.68. The molecule has 2 aromatic rings. The molecule has 0 atom stereocenters. The number of ether oxygens (including phenoxy) is 1. The van der Waals surface area contributed by atoms with E-state index < -0.39 is 17.6 Å². The van der Waals surface area contributed by atoms with E-state index in [4.69, 9.17) is 4.74 Å². The highest BCUT2D eigenvalue weighted by atomic mass is 79.9. The Hall–Kier alpha value is -2.02. The molecule has 3 nitrogen and oxygen atoms in total. The van der Waals surface area contributed by atoms with Gasteiger partial charge in [0, 0.05) is 4.47 Å². The minimum atomic E-state index is -4.45. The molecule has 0 heterocycles. The Morgan fingerprint density at radius 1 is 1.14 bits per heavy atom. The van der Waals surface area contributed by atoms with Crippen molar-refractivity contribution in [1.82, 2.24) is 0 Å². The van der Waals surface area contributed by atoms with Gasteiger partial charge in [0.15, 0.2) is 6.61 Å². The van der Waals surface area contributed by atoms with Crippen LogP contribution in [0.5, 0.6) is 5.75 Å². The molecular formula is C15H11BrF3NO2. The van der Waals surface area contributed by atoms with E-state index in [9.17, 15) is 18.0 Å². The summed E-state index contributed by atoms with van der Waals surface area (Å²) < 4.78 is 43.5. The minimum absolute atomic E-state index is 0.0166. The number of para-hydroxylation sites is 1. The normalized spacial score (nSPS) is 11.1. The highest BCUT2D eigenvalue weighted by Gasteiger charge is 2.30. The lowest BCUT2D eigenvalue weighted by Gasteiger charge is -2.11. The van der Waals surface area contributed by atoms with E-state index in [-0.39, 0.29) is 12.4 Å². The van der Waals surface area contributed by atoms with Crippen molar-refractivity contribution in [3.63, 3.8) is 0 Å². The average molecular weight is 374 g/mol. The predicted octanol–water partition coefficient (Wildman–Crippen LogP) is 4.49. The minimum Gasteiger partial charge on any atom is -0.484 e. The van der Waals surface area contributed by atoms with Crippen LogP contribution in [0.25, 0.3) is 0 Å². The number of amides is 1. The van der Waals surface area contributed by atoms with Gasteiger partial charge in [-0.15, -0.1) is 0 Å². The van der Waals surface area contributed by atoms with Gasteiger partial charge in [0.1, 0.15) is 5.75 Å². The van der Waals surface area contributed by atoms with Crippen molar-refractivity contribution in [3.8, 4) is 5.75 Å². The summed E-state index contributed by atoms with van der Waals surface area (Å²) in [6, 6.07) is 11.4. The van der Waals surface area contributed by atoms with E-state index in [1.54, 1.807) is 24.3 Å². The molecule has 0 aliphatic rings. The molecule has 0 aliphatic heterocycles. The molecule has 0 fully saturated rings. The van der Waals surface area contributed by atoms with Crippen LogP contribution in [0.2, 0.25) is 0 Å². The zero-order valence-electron chi connectivity index (χ0n) is 11.2. The fourth-order valence-corrected chi connectivity index (χ4v) is 2.04. The third kappa shape index (κ3) is 4.49. The SMILES string of the molecule is O=C(COc1cccc(C(F)(F)F)c1)Nc1ccccc1Br. The van der Waals surface area contributed by atoms with Crippen LogP contribution in [0.15, 0.2) is 53.0 Å². The number of hydrogen-bond acceptors (Lipinski definition) is 2. The van der Waals surface area contributed by atoms with Gasteiger partial charge in [-0.1, -0.05) is 18.2 Å². The Balaban J connectivity index is 1.96. The molecule has 0 aliphatic carbocycles. The average Bonchev–Trinajstić information content (AvgIpc) is 2.47. The molecule has 1 amide bonds. The molecule has 116 valence electrons. The van der Waals surface area contributed by atoms with E-state index in [0.29, 0.717) is 10.2 Å². The van der Waals surface area contributed by atoms with Gasteiger partial charge in [0.25, 0.3) is 5.91 Å². The van der Waals surface area contributed by atoms with Gasteiger partial charge >= 0.3 is 6.18 Å². The maximum absolute atomic E-state index is 12.6. The van der Waals surface area contributed by atoms with Crippen molar-refractivity contribution < 1.29 is 22.7 Å². The van der Waals surface area contributed by atoms with E-state index in [2.05, 4.69) is 21.2 Å². The zero-order valence-corrected chi connectivity index (χ0v) is 12.7. The first-order chi connectivity index (χ1) is 10.4. The van der Waals surface area contributed by atoms with Crippen LogP contribution in [0.1, 0.15) is 5.56 Å². The summed E-state index contributed by atoms with van der Waals surface area (Å²) in [5, 5.41) is 2.59. The lowest BCUT2D eigenvalue weighted by atomic mass is 10.2. The van der Waals surface area contributed by atoms with Gasteiger partial charge in [-0.3, -0.25) is 4.79 Å². The van der Waals surface area contributed by atoms with Crippen LogP contribution in [0, 0.1) is 0 Å². The Kier molecular flexibility index (Phi) is 5.07. The second-order valence-electron chi connectivity index (χ2n) is 4.34. The van der Waals surface area contributed by atoms with Crippen LogP contribution in [0.3, 0.4) is 0 Å². The van der Waals surface area contributed by atoms with Gasteiger partial charge in [-0.2, -0.15) is 13.2 Å². The predicted molar refractivity (Wildman–Crippen MR) is 79.7 cm³/mol. The fourth-order valence-electron chi connectivity index (χ4n) is 1.66. The Morgan fingerprint density at radius 2 is 1.86 bits per heavy atom. The first-order valence-electron chi connectivity index (χ1n) is 6.21. The molecule has 1 N–H and O–H groups in total. The van der Waals surface area contributed by atoms with E-state index in [1.807, 2.05) is 0 Å². The standard InChI is InChI=1S/C15H11BrF3NO2/c16-12-6-1-2-7-13(12)20-14(21)9-22-11-5-3-4-10(8-11)15(17,18)19/h1-8H,9H2,(H,20,21). The van der Waals surface area contributed by atoms with Crippen molar-refractivity contribution >= 4 is 27.5 Å². The number of rotatable bonds is 4. The summed E-state index contributed by atoms with van der Waals surface area (Å²) in [6.45, 7) is -0.386. The van der Waals surface area contributed by atoms with Crippen molar-refractivity contribution in [2.45, 2.75) is 6.18 Å². The highest BCUT2D eigenvalue weighted by molar-refractivity contribution is 9.10. The molecule has 2 aromatic carbocycles. The van der Waals surface area contributed by atoms with Crippen molar-refractivity contribution in [2.75, 3.05) is 11.9 Å². The molecule has 0 radical (unpaired) electrons. The molecule has 0 aromatic heterocycles. The highest BCUT2D eigenvalue weighted by Crippen LogP contribution is 2.31. The number of benzene rings is 2. The second kappa shape index (κ2) is 6.83. The molecule has 2 rings (SSSR count). The lowest BCUT2D eigenvalue weighted by Crippen LogP contribution is -2.20. The molecule has 22 heavy (non-hydrogen) atoms. The number of hydrogen-bond donors (Lipinski definition) is 1. The molecule has 0 saturated heterocycles. The largest absolute Gasteiger partial charge is 0.484 e. The van der Waals surface area contributed by atoms with Crippen molar-refractivity contribution in [3.05, 3.63) is 58.6 Å². The van der Waals surface area contributed by atoms with Gasteiger partial charge in [-0.05, 0) is 46.3 Å².